The smallest absolute Gasteiger partial charge is 0.251 e. The normalized spacial score (nSPS) is 11.1. The summed E-state index contributed by atoms with van der Waals surface area (Å²) in [4.78, 5) is 22.7. The number of carbonyl (C=O) groups is 1. The van der Waals surface area contributed by atoms with Gasteiger partial charge in [-0.2, -0.15) is 5.10 Å². The van der Waals surface area contributed by atoms with Crippen LogP contribution >= 0.6 is 11.3 Å². The third-order valence-corrected chi connectivity index (χ3v) is 5.96. The van der Waals surface area contributed by atoms with Crippen molar-refractivity contribution in [2.45, 2.75) is 13.1 Å². The zero-order chi connectivity index (χ0) is 21.0. The van der Waals surface area contributed by atoms with Crippen LogP contribution in [-0.4, -0.2) is 32.2 Å². The Labute approximate surface area is 182 Å². The SMILES string of the molecule is O=C(NCCn1ncc2c(NCc3cccs3)ncnc21)c1cccc2ccccc12. The lowest BCUT2D eigenvalue weighted by Gasteiger charge is -2.09. The molecule has 0 unspecified atom stereocenters. The molecule has 154 valence electrons. The molecule has 2 N–H and O–H groups in total. The third kappa shape index (κ3) is 3.97. The lowest BCUT2D eigenvalue weighted by Crippen LogP contribution is -2.27. The van der Waals surface area contributed by atoms with E-state index in [1.54, 1.807) is 22.2 Å². The Hall–Kier alpha value is -3.78. The van der Waals surface area contributed by atoms with E-state index in [0.29, 0.717) is 25.2 Å². The second kappa shape index (κ2) is 8.53. The van der Waals surface area contributed by atoms with E-state index < -0.39 is 0 Å². The van der Waals surface area contributed by atoms with Crippen molar-refractivity contribution in [3.05, 3.63) is 82.9 Å². The molecule has 0 atom stereocenters. The first kappa shape index (κ1) is 19.2. The minimum atomic E-state index is -0.0961. The van der Waals surface area contributed by atoms with Gasteiger partial charge in [0.25, 0.3) is 5.91 Å². The van der Waals surface area contributed by atoms with Gasteiger partial charge in [0.1, 0.15) is 12.1 Å². The van der Waals surface area contributed by atoms with Gasteiger partial charge in [0.15, 0.2) is 5.65 Å². The molecule has 0 saturated carbocycles. The highest BCUT2D eigenvalue weighted by Gasteiger charge is 2.12. The highest BCUT2D eigenvalue weighted by Crippen LogP contribution is 2.21. The van der Waals surface area contributed by atoms with Gasteiger partial charge in [0.2, 0.25) is 0 Å². The molecule has 3 aromatic heterocycles. The van der Waals surface area contributed by atoms with Crippen molar-refractivity contribution in [3.63, 3.8) is 0 Å². The van der Waals surface area contributed by atoms with Gasteiger partial charge in [-0.25, -0.2) is 14.6 Å². The molecule has 0 aliphatic rings. The fraction of sp³-hybridized carbons (Fsp3) is 0.130. The highest BCUT2D eigenvalue weighted by atomic mass is 32.1. The first-order chi connectivity index (χ1) is 15.3. The second-order valence-electron chi connectivity index (χ2n) is 7.04. The number of nitrogens with one attached hydrogen (secondary N) is 2. The maximum Gasteiger partial charge on any atom is 0.251 e. The lowest BCUT2D eigenvalue weighted by molar-refractivity contribution is 0.0953. The van der Waals surface area contributed by atoms with E-state index in [-0.39, 0.29) is 5.91 Å². The molecule has 0 bridgehead atoms. The number of fused-ring (bicyclic) bond motifs is 2. The van der Waals surface area contributed by atoms with E-state index in [9.17, 15) is 4.79 Å². The van der Waals surface area contributed by atoms with Gasteiger partial charge in [-0.3, -0.25) is 4.79 Å². The van der Waals surface area contributed by atoms with Crippen LogP contribution < -0.4 is 10.6 Å². The molecule has 0 fully saturated rings. The van der Waals surface area contributed by atoms with Crippen LogP contribution in [0.2, 0.25) is 0 Å². The molecule has 0 radical (unpaired) electrons. The summed E-state index contributed by atoms with van der Waals surface area (Å²) < 4.78 is 1.79. The minimum Gasteiger partial charge on any atom is -0.364 e. The number of nitrogens with zero attached hydrogens (tertiary/aromatic N) is 4. The Kier molecular flexibility index (Phi) is 5.28. The van der Waals surface area contributed by atoms with Gasteiger partial charge in [0.05, 0.1) is 24.7 Å². The molecule has 5 rings (SSSR count). The molecule has 31 heavy (non-hydrogen) atoms. The molecule has 0 aliphatic carbocycles. The van der Waals surface area contributed by atoms with E-state index in [0.717, 1.165) is 27.6 Å². The number of amides is 1. The van der Waals surface area contributed by atoms with Crippen molar-refractivity contribution >= 4 is 44.9 Å². The molecular formula is C23H20N6OS. The van der Waals surface area contributed by atoms with E-state index in [4.69, 9.17) is 0 Å². The number of hydrogen-bond donors (Lipinski definition) is 2. The fourth-order valence-corrected chi connectivity index (χ4v) is 4.22. The van der Waals surface area contributed by atoms with Gasteiger partial charge >= 0.3 is 0 Å². The van der Waals surface area contributed by atoms with E-state index in [2.05, 4.69) is 37.1 Å². The Morgan fingerprint density at radius 2 is 1.90 bits per heavy atom. The number of carbonyl (C=O) groups excluding carboxylic acids is 1. The topological polar surface area (TPSA) is 84.7 Å². The number of anilines is 1. The molecule has 0 saturated heterocycles. The Bertz CT molecular complexity index is 1340. The van der Waals surface area contributed by atoms with Crippen molar-refractivity contribution in [1.29, 1.82) is 0 Å². The number of hydrogen-bond acceptors (Lipinski definition) is 6. The van der Waals surface area contributed by atoms with E-state index >= 15 is 0 Å². The van der Waals surface area contributed by atoms with Crippen LogP contribution in [0.5, 0.6) is 0 Å². The van der Waals surface area contributed by atoms with Gasteiger partial charge < -0.3 is 10.6 Å². The van der Waals surface area contributed by atoms with E-state index in [1.807, 2.05) is 48.5 Å². The number of aromatic nitrogens is 4. The summed E-state index contributed by atoms with van der Waals surface area (Å²) in [6, 6.07) is 17.8. The quantitative estimate of drug-likeness (QED) is 0.408. The fourth-order valence-electron chi connectivity index (χ4n) is 3.58. The number of rotatable bonds is 7. The standard InChI is InChI=1S/C23H20N6OS/c30-23(19-9-3-6-16-5-1-2-8-18(16)19)24-10-11-29-22-20(14-28-29)21(26-15-27-22)25-13-17-7-4-12-31-17/h1-9,12,14-15H,10-11,13H2,(H,24,30)(H,25,26,27). The molecule has 8 heteroatoms. The lowest BCUT2D eigenvalue weighted by atomic mass is 10.0. The van der Waals surface area contributed by atoms with Crippen LogP contribution in [-0.2, 0) is 13.1 Å². The summed E-state index contributed by atoms with van der Waals surface area (Å²) in [5, 5.41) is 15.7. The van der Waals surface area contributed by atoms with Crippen LogP contribution in [0, 0.1) is 0 Å². The summed E-state index contributed by atoms with van der Waals surface area (Å²) in [7, 11) is 0. The summed E-state index contributed by atoms with van der Waals surface area (Å²) >= 11 is 1.70. The third-order valence-electron chi connectivity index (χ3n) is 5.09. The number of benzene rings is 2. The van der Waals surface area contributed by atoms with Gasteiger partial charge in [-0.15, -0.1) is 11.3 Å². The minimum absolute atomic E-state index is 0.0961. The maximum absolute atomic E-state index is 12.7. The predicted molar refractivity (Wildman–Crippen MR) is 123 cm³/mol. The van der Waals surface area contributed by atoms with Crippen molar-refractivity contribution in [3.8, 4) is 0 Å². The summed E-state index contributed by atoms with van der Waals surface area (Å²) in [5.41, 5.74) is 1.41. The molecular weight excluding hydrogens is 408 g/mol. The van der Waals surface area contributed by atoms with Gasteiger partial charge in [0, 0.05) is 17.0 Å². The van der Waals surface area contributed by atoms with Crippen LogP contribution in [0.4, 0.5) is 5.82 Å². The predicted octanol–water partition coefficient (Wildman–Crippen LogP) is 4.08. The van der Waals surface area contributed by atoms with Crippen molar-refractivity contribution in [2.24, 2.45) is 0 Å². The first-order valence-electron chi connectivity index (χ1n) is 9.98. The van der Waals surface area contributed by atoms with Crippen molar-refractivity contribution in [1.82, 2.24) is 25.1 Å². The average Bonchev–Trinajstić information content (AvgIpc) is 3.48. The highest BCUT2D eigenvalue weighted by molar-refractivity contribution is 7.09. The molecule has 0 spiro atoms. The molecule has 2 aromatic carbocycles. The molecule has 1 amide bonds. The largest absolute Gasteiger partial charge is 0.364 e. The molecule has 0 aliphatic heterocycles. The Balaban J connectivity index is 1.27. The van der Waals surface area contributed by atoms with Crippen molar-refractivity contribution < 1.29 is 4.79 Å². The monoisotopic (exact) mass is 428 g/mol. The maximum atomic E-state index is 12.7. The molecule has 3 heterocycles. The van der Waals surface area contributed by atoms with Gasteiger partial charge in [-0.1, -0.05) is 42.5 Å². The van der Waals surface area contributed by atoms with Crippen LogP contribution in [0.25, 0.3) is 21.8 Å². The van der Waals surface area contributed by atoms with Gasteiger partial charge in [-0.05, 0) is 28.3 Å². The zero-order valence-corrected chi connectivity index (χ0v) is 17.5. The average molecular weight is 429 g/mol. The summed E-state index contributed by atoms with van der Waals surface area (Å²) in [6.07, 6.45) is 3.30. The van der Waals surface area contributed by atoms with Crippen LogP contribution in [0.1, 0.15) is 15.2 Å². The summed E-state index contributed by atoms with van der Waals surface area (Å²) in [5.74, 6) is 0.658. The Morgan fingerprint density at radius 3 is 2.81 bits per heavy atom. The molecule has 7 nitrogen and oxygen atoms in total. The summed E-state index contributed by atoms with van der Waals surface area (Å²) in [6.45, 7) is 1.66. The number of thiophene rings is 1. The van der Waals surface area contributed by atoms with E-state index in [1.165, 1.54) is 11.2 Å². The van der Waals surface area contributed by atoms with Crippen LogP contribution in [0.3, 0.4) is 0 Å². The van der Waals surface area contributed by atoms with Crippen LogP contribution in [0.15, 0.2) is 72.5 Å². The Morgan fingerprint density at radius 1 is 1.00 bits per heavy atom. The first-order valence-corrected chi connectivity index (χ1v) is 10.9. The van der Waals surface area contributed by atoms with Crippen molar-refractivity contribution in [2.75, 3.05) is 11.9 Å². The molecule has 5 aromatic rings. The second-order valence-corrected chi connectivity index (χ2v) is 8.08. The zero-order valence-electron chi connectivity index (χ0n) is 16.7.